The number of rotatable bonds is 9. The molecule has 6 atom stereocenters. The molecule has 0 bridgehead atoms. The van der Waals surface area contributed by atoms with E-state index in [1.165, 1.54) is 42.8 Å². The number of fused-ring (bicyclic) bond motifs is 2. The Labute approximate surface area is 340 Å². The number of aliphatic hydroxyl groups excluding tert-OH is 2. The quantitative estimate of drug-likeness (QED) is 0.0738. The van der Waals surface area contributed by atoms with Crippen LogP contribution in [0.25, 0.3) is 0 Å². The molecule has 3 amide bonds. The molecular formula is C46H56N2O10. The summed E-state index contributed by atoms with van der Waals surface area (Å²) in [7, 11) is 0. The van der Waals surface area contributed by atoms with Crippen molar-refractivity contribution in [2.45, 2.75) is 103 Å². The van der Waals surface area contributed by atoms with Crippen molar-refractivity contribution in [1.29, 1.82) is 0 Å². The number of ether oxygens (including phenoxy) is 2. The molecule has 2 heterocycles. The first-order chi connectivity index (χ1) is 27.9. The van der Waals surface area contributed by atoms with Crippen LogP contribution >= 0.6 is 0 Å². The van der Waals surface area contributed by atoms with E-state index in [-0.39, 0.29) is 60.1 Å². The largest absolute Gasteiger partial charge is 0.507 e. The monoisotopic (exact) mass is 796 g/mol. The lowest BCUT2D eigenvalue weighted by Gasteiger charge is -2.25. The van der Waals surface area contributed by atoms with Gasteiger partial charge in [0.25, 0.3) is 5.91 Å². The van der Waals surface area contributed by atoms with Crippen LogP contribution in [0.15, 0.2) is 110 Å². The first-order valence-electron chi connectivity index (χ1n) is 19.9. The fourth-order valence-electron chi connectivity index (χ4n) is 6.56. The molecule has 310 valence electrons. The normalized spacial score (nSPS) is 24.7. The zero-order valence-corrected chi connectivity index (χ0v) is 33.4. The topological polar surface area (TPSA) is 183 Å². The summed E-state index contributed by atoms with van der Waals surface area (Å²) >= 11 is 0. The number of esters is 2. The number of phenols is 2. The van der Waals surface area contributed by atoms with Crippen molar-refractivity contribution in [3.8, 4) is 11.5 Å². The van der Waals surface area contributed by atoms with Crippen molar-refractivity contribution in [3.63, 3.8) is 0 Å². The number of carbonyl (C=O) groups excluding carboxylic acids is 4. The van der Waals surface area contributed by atoms with Gasteiger partial charge in [0.2, 0.25) is 0 Å². The summed E-state index contributed by atoms with van der Waals surface area (Å²) in [6, 6.07) is 8.79. The smallest absolute Gasteiger partial charge is 0.342 e. The molecule has 0 radical (unpaired) electrons. The SMILES string of the molecule is CC/C=C\C=C/C(=O)N(/C=C/CC1CC(O)C(C)C/C=C/Cc2cccc(O)c2C(=O)O1)C(=O)N/C=C/CC1CC(O)C(C)C/C=C/Cc2cccc(O)c2C(=O)O1. The number of hydrogen-bond acceptors (Lipinski definition) is 10. The van der Waals surface area contributed by atoms with Crippen LogP contribution in [0, 0.1) is 11.8 Å². The van der Waals surface area contributed by atoms with E-state index >= 15 is 0 Å². The van der Waals surface area contributed by atoms with Gasteiger partial charge >= 0.3 is 18.0 Å². The summed E-state index contributed by atoms with van der Waals surface area (Å²) in [4.78, 5) is 54.3. The van der Waals surface area contributed by atoms with Crippen LogP contribution in [-0.2, 0) is 27.1 Å². The second kappa shape index (κ2) is 22.9. The molecule has 2 aliphatic heterocycles. The van der Waals surface area contributed by atoms with Crippen LogP contribution in [0.1, 0.15) is 97.6 Å². The summed E-state index contributed by atoms with van der Waals surface area (Å²) in [5, 5.41) is 45.5. The number of amides is 3. The molecule has 0 aliphatic carbocycles. The number of urea groups is 1. The second-order valence-electron chi connectivity index (χ2n) is 14.7. The molecule has 0 saturated carbocycles. The van der Waals surface area contributed by atoms with Crippen LogP contribution in [-0.4, -0.2) is 73.6 Å². The lowest BCUT2D eigenvalue weighted by Crippen LogP contribution is -2.37. The number of hydrogen-bond donors (Lipinski definition) is 5. The molecule has 4 rings (SSSR count). The Hall–Kier alpha value is -5.72. The van der Waals surface area contributed by atoms with Gasteiger partial charge in [0.15, 0.2) is 0 Å². The summed E-state index contributed by atoms with van der Waals surface area (Å²) < 4.78 is 11.6. The lowest BCUT2D eigenvalue weighted by molar-refractivity contribution is -0.121. The van der Waals surface area contributed by atoms with E-state index in [0.717, 1.165) is 11.3 Å². The number of benzene rings is 2. The molecule has 12 nitrogen and oxygen atoms in total. The maximum Gasteiger partial charge on any atom is 0.342 e. The molecule has 6 unspecified atom stereocenters. The predicted molar refractivity (Wildman–Crippen MR) is 221 cm³/mol. The highest BCUT2D eigenvalue weighted by molar-refractivity contribution is 6.01. The summed E-state index contributed by atoms with van der Waals surface area (Å²) in [5.74, 6) is -2.87. The van der Waals surface area contributed by atoms with E-state index in [1.807, 2.05) is 51.2 Å². The highest BCUT2D eigenvalue weighted by Gasteiger charge is 2.27. The van der Waals surface area contributed by atoms with Gasteiger partial charge in [-0.25, -0.2) is 19.3 Å². The van der Waals surface area contributed by atoms with Crippen molar-refractivity contribution >= 4 is 23.9 Å². The predicted octanol–water partition coefficient (Wildman–Crippen LogP) is 7.50. The Morgan fingerprint density at radius 1 is 0.759 bits per heavy atom. The van der Waals surface area contributed by atoms with Gasteiger partial charge in [0.1, 0.15) is 34.8 Å². The molecule has 2 aromatic rings. The number of imide groups is 1. The van der Waals surface area contributed by atoms with E-state index in [9.17, 15) is 39.6 Å². The molecule has 5 N–H and O–H groups in total. The van der Waals surface area contributed by atoms with Crippen LogP contribution in [0.3, 0.4) is 0 Å². The van der Waals surface area contributed by atoms with E-state index in [2.05, 4.69) is 5.32 Å². The average Bonchev–Trinajstić information content (AvgIpc) is 3.18. The number of aromatic hydroxyl groups is 2. The Bertz CT molecular complexity index is 1910. The van der Waals surface area contributed by atoms with Gasteiger partial charge in [-0.3, -0.25) is 4.79 Å². The van der Waals surface area contributed by atoms with E-state index < -0.39 is 48.3 Å². The van der Waals surface area contributed by atoms with Crippen molar-refractivity contribution in [2.24, 2.45) is 11.8 Å². The van der Waals surface area contributed by atoms with Gasteiger partial charge in [0, 0.05) is 44.2 Å². The van der Waals surface area contributed by atoms with E-state index in [1.54, 1.807) is 36.4 Å². The highest BCUT2D eigenvalue weighted by atomic mass is 16.5. The lowest BCUT2D eigenvalue weighted by atomic mass is 9.93. The number of nitrogens with one attached hydrogen (secondary N) is 1. The maximum absolute atomic E-state index is 13.5. The molecule has 58 heavy (non-hydrogen) atoms. The number of allylic oxidation sites excluding steroid dienone is 7. The summed E-state index contributed by atoms with van der Waals surface area (Å²) in [5.41, 5.74) is 1.28. The molecule has 2 aromatic carbocycles. The number of phenolic OH excluding ortho intramolecular Hbond substituents is 2. The first-order valence-corrected chi connectivity index (χ1v) is 19.9. The summed E-state index contributed by atoms with van der Waals surface area (Å²) in [6.45, 7) is 5.73. The van der Waals surface area contributed by atoms with Crippen molar-refractivity contribution in [2.75, 3.05) is 0 Å². The van der Waals surface area contributed by atoms with Crippen molar-refractivity contribution in [3.05, 3.63) is 132 Å². The third-order valence-electron chi connectivity index (χ3n) is 10.1. The molecule has 0 aromatic heterocycles. The fourth-order valence-corrected chi connectivity index (χ4v) is 6.56. The van der Waals surface area contributed by atoms with Gasteiger partial charge in [-0.1, -0.05) is 99.7 Å². The minimum absolute atomic E-state index is 0.0307. The molecule has 2 aliphatic rings. The van der Waals surface area contributed by atoms with Gasteiger partial charge in [-0.2, -0.15) is 0 Å². The summed E-state index contributed by atoms with van der Waals surface area (Å²) in [6.07, 6.45) is 19.2. The Kier molecular flexibility index (Phi) is 17.7. The third kappa shape index (κ3) is 13.5. The average molecular weight is 797 g/mol. The Morgan fingerprint density at radius 3 is 1.79 bits per heavy atom. The third-order valence-corrected chi connectivity index (χ3v) is 10.1. The Balaban J connectivity index is 1.51. The van der Waals surface area contributed by atoms with Crippen molar-refractivity contribution in [1.82, 2.24) is 10.2 Å². The van der Waals surface area contributed by atoms with Crippen molar-refractivity contribution < 1.29 is 49.1 Å². The second-order valence-corrected chi connectivity index (χ2v) is 14.7. The number of nitrogens with zero attached hydrogens (tertiary/aromatic N) is 1. The molecule has 0 spiro atoms. The highest BCUT2D eigenvalue weighted by Crippen LogP contribution is 2.28. The number of aliphatic hydroxyl groups is 2. The van der Waals surface area contributed by atoms with Gasteiger partial charge in [-0.05, 0) is 67.2 Å². The van der Waals surface area contributed by atoms with Crippen LogP contribution in [0.5, 0.6) is 11.5 Å². The first kappa shape index (κ1) is 45.0. The maximum atomic E-state index is 13.5. The van der Waals surface area contributed by atoms with E-state index in [0.29, 0.717) is 36.8 Å². The molecule has 0 saturated heterocycles. The number of cyclic esters (lactones) is 2. The molecular weight excluding hydrogens is 741 g/mol. The minimum atomic E-state index is -0.864. The molecule has 0 fully saturated rings. The number of carbonyl (C=O) groups is 4. The Morgan fingerprint density at radius 2 is 1.28 bits per heavy atom. The van der Waals surface area contributed by atoms with Gasteiger partial charge in [0.05, 0.1) is 12.2 Å². The van der Waals surface area contributed by atoms with E-state index in [4.69, 9.17) is 9.47 Å². The molecule has 12 heteroatoms. The van der Waals surface area contributed by atoms with Crippen LogP contribution < -0.4 is 5.32 Å². The standard InChI is InChI=1S/C46H56N2O10/c1-4-5-6-7-26-41(53)48(28-15-23-36-30-40(52)32(3)17-9-11-19-34-21-13-25-38(50)43(34)45(55)58-36)46(56)47-27-14-22-35-29-39(51)31(2)16-8-10-18-33-20-12-24-37(49)42(33)44(54)57-35/h5-15,20-21,24-28,31-32,35-36,39-40,49-52H,4,16-19,22-23,29-30H2,1-3H3,(H,47,56)/b6-5-,10-8+,11-9+,26-7-,27-14+,28-15+. The zero-order valence-electron chi connectivity index (χ0n) is 33.4. The minimum Gasteiger partial charge on any atom is -0.507 e. The fraction of sp³-hybridized carbons (Fsp3) is 0.391. The van der Waals surface area contributed by atoms with Crippen LogP contribution in [0.2, 0.25) is 0 Å². The van der Waals surface area contributed by atoms with Gasteiger partial charge < -0.3 is 35.2 Å². The van der Waals surface area contributed by atoms with Gasteiger partial charge in [-0.15, -0.1) is 0 Å². The zero-order chi connectivity index (χ0) is 42.0. The van der Waals surface area contributed by atoms with Crippen LogP contribution in [0.4, 0.5) is 4.79 Å².